The minimum atomic E-state index is -0.704. The highest BCUT2D eigenvalue weighted by atomic mass is 35.5. The van der Waals surface area contributed by atoms with Gasteiger partial charge < -0.3 is 4.57 Å². The van der Waals surface area contributed by atoms with Crippen LogP contribution in [-0.2, 0) is 6.54 Å². The molecule has 0 atom stereocenters. The molecule has 0 aliphatic carbocycles. The molecule has 0 unspecified atom stereocenters. The Morgan fingerprint density at radius 2 is 1.93 bits per heavy atom. The van der Waals surface area contributed by atoms with Crippen molar-refractivity contribution in [2.75, 3.05) is 0 Å². The fourth-order valence-corrected chi connectivity index (χ4v) is 2.93. The monoisotopic (exact) mass is 444 g/mol. The number of rotatable bonds is 6. The summed E-state index contributed by atoms with van der Waals surface area (Å²) in [4.78, 5) is 35.2. The number of carbonyl (C=O) groups is 1. The summed E-state index contributed by atoms with van der Waals surface area (Å²) < 4.78 is 1.36. The Kier molecular flexibility index (Phi) is 6.61. The van der Waals surface area contributed by atoms with Crippen molar-refractivity contribution in [2.24, 2.45) is 5.10 Å². The van der Waals surface area contributed by atoms with Gasteiger partial charge in [0.15, 0.2) is 0 Å². The summed E-state index contributed by atoms with van der Waals surface area (Å²) >= 11 is 11.9. The van der Waals surface area contributed by atoms with Gasteiger partial charge in [0, 0.05) is 23.9 Å². The number of nitro groups is 1. The van der Waals surface area contributed by atoms with Crippen LogP contribution in [0.5, 0.6) is 0 Å². The van der Waals surface area contributed by atoms with Gasteiger partial charge in [0.05, 0.1) is 27.7 Å². The maximum atomic E-state index is 12.6. The van der Waals surface area contributed by atoms with Crippen molar-refractivity contribution in [1.29, 1.82) is 0 Å². The predicted molar refractivity (Wildman–Crippen MR) is 114 cm³/mol. The predicted octanol–water partition coefficient (Wildman–Crippen LogP) is 3.88. The zero-order chi connectivity index (χ0) is 21.7. The molecule has 0 bridgehead atoms. The van der Waals surface area contributed by atoms with Gasteiger partial charge in [0.2, 0.25) is 0 Å². The smallest absolute Gasteiger partial charge is 0.276 e. The van der Waals surface area contributed by atoms with Gasteiger partial charge in [0.25, 0.3) is 17.2 Å². The van der Waals surface area contributed by atoms with Crippen LogP contribution in [0.1, 0.15) is 21.5 Å². The van der Waals surface area contributed by atoms with Crippen LogP contribution < -0.4 is 11.0 Å². The van der Waals surface area contributed by atoms with E-state index in [9.17, 15) is 19.7 Å². The number of nitro benzene ring substituents is 1. The van der Waals surface area contributed by atoms with Crippen LogP contribution in [0.25, 0.3) is 0 Å². The van der Waals surface area contributed by atoms with Crippen LogP contribution >= 0.6 is 23.2 Å². The molecule has 0 fully saturated rings. The molecule has 1 aromatic heterocycles. The summed E-state index contributed by atoms with van der Waals surface area (Å²) in [6.07, 6.45) is 2.80. The number of non-ortho nitro benzene ring substituents is 1. The molecule has 0 saturated carbocycles. The van der Waals surface area contributed by atoms with E-state index in [1.165, 1.54) is 35.0 Å². The quantitative estimate of drug-likeness (QED) is 0.353. The SMILES string of the molecule is O=C(N/N=C\c1cccc([N+](=O)[O-])c1)c1cccn(Cc2ccc(Cl)c(Cl)c2)c1=O. The first-order valence-electron chi connectivity index (χ1n) is 8.56. The lowest BCUT2D eigenvalue weighted by Crippen LogP contribution is -2.30. The first-order chi connectivity index (χ1) is 14.3. The van der Waals surface area contributed by atoms with E-state index in [1.807, 2.05) is 0 Å². The summed E-state index contributed by atoms with van der Waals surface area (Å²) in [7, 11) is 0. The van der Waals surface area contributed by atoms with Crippen molar-refractivity contribution in [2.45, 2.75) is 6.54 Å². The number of benzene rings is 2. The van der Waals surface area contributed by atoms with Crippen LogP contribution in [-0.4, -0.2) is 21.6 Å². The molecular formula is C20H14Cl2N4O4. The van der Waals surface area contributed by atoms with E-state index in [1.54, 1.807) is 36.5 Å². The third-order valence-corrected chi connectivity index (χ3v) is 4.80. The molecular weight excluding hydrogens is 431 g/mol. The van der Waals surface area contributed by atoms with Gasteiger partial charge in [0.1, 0.15) is 5.56 Å². The first kappa shape index (κ1) is 21.2. The lowest BCUT2D eigenvalue weighted by molar-refractivity contribution is -0.384. The molecule has 10 heteroatoms. The Hall–Kier alpha value is -3.49. The maximum Gasteiger partial charge on any atom is 0.276 e. The number of nitrogens with zero attached hydrogens (tertiary/aromatic N) is 3. The number of aromatic nitrogens is 1. The van der Waals surface area contributed by atoms with Crippen molar-refractivity contribution in [1.82, 2.24) is 9.99 Å². The molecule has 152 valence electrons. The maximum absolute atomic E-state index is 12.6. The summed E-state index contributed by atoms with van der Waals surface area (Å²) in [5.41, 5.74) is 2.71. The summed E-state index contributed by atoms with van der Waals surface area (Å²) in [5, 5.41) is 15.3. The van der Waals surface area contributed by atoms with E-state index in [2.05, 4.69) is 10.5 Å². The molecule has 0 aliphatic heterocycles. The highest BCUT2D eigenvalue weighted by molar-refractivity contribution is 6.42. The van der Waals surface area contributed by atoms with Crippen LogP contribution in [0.2, 0.25) is 10.0 Å². The van der Waals surface area contributed by atoms with E-state index in [-0.39, 0.29) is 17.8 Å². The van der Waals surface area contributed by atoms with Gasteiger partial charge in [-0.1, -0.05) is 41.4 Å². The third-order valence-electron chi connectivity index (χ3n) is 4.06. The van der Waals surface area contributed by atoms with E-state index in [0.29, 0.717) is 15.6 Å². The normalized spacial score (nSPS) is 10.9. The van der Waals surface area contributed by atoms with Crippen LogP contribution in [0.3, 0.4) is 0 Å². The minimum Gasteiger partial charge on any atom is -0.310 e. The number of carbonyl (C=O) groups excluding carboxylic acids is 1. The van der Waals surface area contributed by atoms with E-state index >= 15 is 0 Å². The molecule has 1 N–H and O–H groups in total. The number of hydrogen-bond donors (Lipinski definition) is 1. The molecule has 8 nitrogen and oxygen atoms in total. The number of hydrazone groups is 1. The summed E-state index contributed by atoms with van der Waals surface area (Å²) in [6.45, 7) is 0.202. The van der Waals surface area contributed by atoms with Crippen molar-refractivity contribution >= 4 is 41.0 Å². The summed E-state index contributed by atoms with van der Waals surface area (Å²) in [5.74, 6) is -0.704. The van der Waals surface area contributed by atoms with Gasteiger partial charge >= 0.3 is 0 Å². The lowest BCUT2D eigenvalue weighted by atomic mass is 10.2. The van der Waals surface area contributed by atoms with Crippen molar-refractivity contribution in [3.63, 3.8) is 0 Å². The number of pyridine rings is 1. The largest absolute Gasteiger partial charge is 0.310 e. The van der Waals surface area contributed by atoms with Gasteiger partial charge in [-0.3, -0.25) is 19.7 Å². The number of halogens is 2. The lowest BCUT2D eigenvalue weighted by Gasteiger charge is -2.08. The zero-order valence-electron chi connectivity index (χ0n) is 15.3. The van der Waals surface area contributed by atoms with Crippen molar-refractivity contribution in [3.05, 3.63) is 108 Å². The fraction of sp³-hybridized carbons (Fsp3) is 0.0500. The Labute approximate surface area is 180 Å². The molecule has 3 rings (SSSR count). The molecule has 30 heavy (non-hydrogen) atoms. The zero-order valence-corrected chi connectivity index (χ0v) is 16.8. The molecule has 0 spiro atoms. The second-order valence-corrected chi connectivity index (χ2v) is 6.97. The van der Waals surface area contributed by atoms with E-state index in [0.717, 1.165) is 5.56 Å². The van der Waals surface area contributed by atoms with Crippen LogP contribution in [0.15, 0.2) is 70.7 Å². The summed E-state index contributed by atoms with van der Waals surface area (Å²) in [6, 6.07) is 13.7. The molecule has 0 aliphatic rings. The fourth-order valence-electron chi connectivity index (χ4n) is 2.61. The molecule has 1 amide bonds. The highest BCUT2D eigenvalue weighted by Gasteiger charge is 2.12. The number of amides is 1. The second-order valence-electron chi connectivity index (χ2n) is 6.15. The number of hydrogen-bond acceptors (Lipinski definition) is 5. The van der Waals surface area contributed by atoms with Crippen molar-refractivity contribution < 1.29 is 9.72 Å². The topological polar surface area (TPSA) is 107 Å². The Morgan fingerprint density at radius 1 is 1.13 bits per heavy atom. The molecule has 2 aromatic carbocycles. The molecule has 3 aromatic rings. The molecule has 0 radical (unpaired) electrons. The minimum absolute atomic E-state index is 0.0986. The third kappa shape index (κ3) is 5.11. The number of nitrogens with one attached hydrogen (secondary N) is 1. The Bertz CT molecular complexity index is 1210. The van der Waals surface area contributed by atoms with Gasteiger partial charge in [-0.2, -0.15) is 5.10 Å². The Balaban J connectivity index is 1.74. The van der Waals surface area contributed by atoms with Gasteiger partial charge in [-0.15, -0.1) is 0 Å². The average molecular weight is 445 g/mol. The van der Waals surface area contributed by atoms with Gasteiger partial charge in [-0.25, -0.2) is 5.43 Å². The van der Waals surface area contributed by atoms with Crippen molar-refractivity contribution in [3.8, 4) is 0 Å². The second kappa shape index (κ2) is 9.34. The Morgan fingerprint density at radius 3 is 2.67 bits per heavy atom. The molecule has 1 heterocycles. The van der Waals surface area contributed by atoms with Crippen LogP contribution in [0, 0.1) is 10.1 Å². The average Bonchev–Trinajstić information content (AvgIpc) is 2.72. The highest BCUT2D eigenvalue weighted by Crippen LogP contribution is 2.22. The first-order valence-corrected chi connectivity index (χ1v) is 9.32. The standard InChI is InChI=1S/C20H14Cl2N4O4/c21-17-7-6-14(10-18(17)22)12-25-8-2-5-16(20(25)28)19(27)24-23-11-13-3-1-4-15(9-13)26(29)30/h1-11H,12H2,(H,24,27)/b23-11-. The van der Waals surface area contributed by atoms with E-state index < -0.39 is 16.4 Å². The molecule has 0 saturated heterocycles. The van der Waals surface area contributed by atoms with Crippen LogP contribution in [0.4, 0.5) is 5.69 Å². The van der Waals surface area contributed by atoms with E-state index in [4.69, 9.17) is 23.2 Å². The van der Waals surface area contributed by atoms with Gasteiger partial charge in [-0.05, 0) is 29.8 Å².